The zero-order valence-corrected chi connectivity index (χ0v) is 11.3. The Kier molecular flexibility index (Phi) is 5.37. The van der Waals surface area contributed by atoms with Crippen LogP contribution >= 0.6 is 11.8 Å². The number of carbonyl (C=O) groups is 2. The fraction of sp³-hybridized carbons (Fsp3) is 0.818. The molecule has 1 rings (SSSR count). The summed E-state index contributed by atoms with van der Waals surface area (Å²) in [6.45, 7) is 1.78. The Bertz CT molecular complexity index is 317. The average Bonchev–Trinajstić information content (AvgIpc) is 2.38. The predicted octanol–water partition coefficient (Wildman–Crippen LogP) is 1.54. The second-order valence-corrected chi connectivity index (χ2v) is 5.16. The molecule has 4 nitrogen and oxygen atoms in total. The van der Waals surface area contributed by atoms with Crippen molar-refractivity contribution in [2.45, 2.75) is 30.9 Å². The number of ether oxygens (including phenoxy) is 1. The van der Waals surface area contributed by atoms with Crippen molar-refractivity contribution in [3.63, 3.8) is 0 Å². The van der Waals surface area contributed by atoms with Crippen LogP contribution in [0, 0.1) is 0 Å². The Morgan fingerprint density at radius 2 is 1.94 bits per heavy atom. The molecule has 7 heteroatoms. The van der Waals surface area contributed by atoms with Crippen LogP contribution in [0.1, 0.15) is 19.8 Å². The molecule has 0 aromatic carbocycles. The molecule has 0 radical (unpaired) electrons. The normalized spacial score (nSPS) is 17.7. The van der Waals surface area contributed by atoms with Gasteiger partial charge in [-0.1, -0.05) is 0 Å². The standard InChI is InChI=1S/C11H17F2NO3S/c1-3-17-10(16)11(12,13)9(15)14-6-4-8(18-2)5-7-14/h8H,3-7H2,1-2H3. The maximum Gasteiger partial charge on any atom is 0.419 e. The molecule has 0 N–H and O–H groups in total. The van der Waals surface area contributed by atoms with Crippen molar-refractivity contribution in [3.05, 3.63) is 0 Å². The number of amides is 1. The molecule has 0 aromatic rings. The number of alkyl halides is 2. The quantitative estimate of drug-likeness (QED) is 0.579. The van der Waals surface area contributed by atoms with Gasteiger partial charge in [-0.3, -0.25) is 4.79 Å². The van der Waals surface area contributed by atoms with E-state index in [0.717, 1.165) is 4.90 Å². The zero-order valence-electron chi connectivity index (χ0n) is 10.4. The maximum absolute atomic E-state index is 13.5. The first-order chi connectivity index (χ1) is 8.43. The van der Waals surface area contributed by atoms with E-state index in [1.165, 1.54) is 6.92 Å². The smallest absolute Gasteiger partial charge is 0.419 e. The van der Waals surface area contributed by atoms with Gasteiger partial charge in [0.1, 0.15) is 0 Å². The molecule has 0 bridgehead atoms. The minimum Gasteiger partial charge on any atom is -0.461 e. The van der Waals surface area contributed by atoms with Crippen LogP contribution in [0.4, 0.5) is 8.78 Å². The van der Waals surface area contributed by atoms with Crippen LogP contribution in [0.2, 0.25) is 0 Å². The molecule has 1 fully saturated rings. The molecule has 18 heavy (non-hydrogen) atoms. The molecule has 104 valence electrons. The highest BCUT2D eigenvalue weighted by atomic mass is 32.2. The van der Waals surface area contributed by atoms with Crippen molar-refractivity contribution in [2.75, 3.05) is 26.0 Å². The van der Waals surface area contributed by atoms with E-state index in [-0.39, 0.29) is 19.7 Å². The van der Waals surface area contributed by atoms with Crippen LogP contribution in [-0.2, 0) is 14.3 Å². The van der Waals surface area contributed by atoms with Gasteiger partial charge in [-0.05, 0) is 26.0 Å². The predicted molar refractivity (Wildman–Crippen MR) is 64.7 cm³/mol. The molecule has 0 aliphatic carbocycles. The lowest BCUT2D eigenvalue weighted by Gasteiger charge is -2.32. The first-order valence-corrected chi connectivity index (χ1v) is 7.09. The van der Waals surface area contributed by atoms with Gasteiger partial charge < -0.3 is 9.64 Å². The summed E-state index contributed by atoms with van der Waals surface area (Å²) in [7, 11) is 0. The molecule has 1 amide bonds. The van der Waals surface area contributed by atoms with Crippen molar-refractivity contribution >= 4 is 23.6 Å². The Labute approximate surface area is 109 Å². The number of hydrogen-bond donors (Lipinski definition) is 0. The van der Waals surface area contributed by atoms with Gasteiger partial charge in [0.05, 0.1) is 6.61 Å². The molecule has 1 heterocycles. The van der Waals surface area contributed by atoms with E-state index < -0.39 is 17.8 Å². The Morgan fingerprint density at radius 1 is 1.39 bits per heavy atom. The minimum absolute atomic E-state index is 0.170. The van der Waals surface area contributed by atoms with E-state index in [2.05, 4.69) is 4.74 Å². The van der Waals surface area contributed by atoms with Gasteiger partial charge >= 0.3 is 17.8 Å². The highest BCUT2D eigenvalue weighted by molar-refractivity contribution is 7.99. The van der Waals surface area contributed by atoms with E-state index >= 15 is 0 Å². The van der Waals surface area contributed by atoms with Crippen LogP contribution in [0.25, 0.3) is 0 Å². The lowest BCUT2D eigenvalue weighted by Crippen LogP contribution is -2.51. The molecule has 1 saturated heterocycles. The van der Waals surface area contributed by atoms with Crippen molar-refractivity contribution in [3.8, 4) is 0 Å². The van der Waals surface area contributed by atoms with Gasteiger partial charge in [0.2, 0.25) is 0 Å². The average molecular weight is 281 g/mol. The number of hydrogen-bond acceptors (Lipinski definition) is 4. The third-order valence-corrected chi connectivity index (χ3v) is 4.00. The number of nitrogens with zero attached hydrogens (tertiary/aromatic N) is 1. The highest BCUT2D eigenvalue weighted by Gasteiger charge is 2.51. The van der Waals surface area contributed by atoms with Crippen molar-refractivity contribution < 1.29 is 23.1 Å². The first kappa shape index (κ1) is 15.2. The summed E-state index contributed by atoms with van der Waals surface area (Å²) in [5.41, 5.74) is 0. The molecule has 0 spiro atoms. The number of halogens is 2. The molecule has 0 aromatic heterocycles. The Morgan fingerprint density at radius 3 is 2.39 bits per heavy atom. The lowest BCUT2D eigenvalue weighted by atomic mass is 10.1. The van der Waals surface area contributed by atoms with Crippen molar-refractivity contribution in [1.29, 1.82) is 0 Å². The summed E-state index contributed by atoms with van der Waals surface area (Å²) in [5.74, 6) is -7.27. The van der Waals surface area contributed by atoms with Gasteiger partial charge in [-0.2, -0.15) is 20.5 Å². The van der Waals surface area contributed by atoms with Gasteiger partial charge in [-0.25, -0.2) is 4.79 Å². The van der Waals surface area contributed by atoms with Crippen LogP contribution < -0.4 is 0 Å². The number of rotatable bonds is 4. The number of thioether (sulfide) groups is 1. The Balaban J connectivity index is 2.61. The maximum atomic E-state index is 13.5. The summed E-state index contributed by atoms with van der Waals surface area (Å²) < 4.78 is 31.2. The molecular weight excluding hydrogens is 264 g/mol. The first-order valence-electron chi connectivity index (χ1n) is 5.80. The second-order valence-electron chi connectivity index (χ2n) is 4.02. The van der Waals surface area contributed by atoms with Crippen molar-refractivity contribution in [2.24, 2.45) is 0 Å². The number of likely N-dealkylation sites (tertiary alicyclic amines) is 1. The molecule has 0 saturated carbocycles. The monoisotopic (exact) mass is 281 g/mol. The van der Waals surface area contributed by atoms with E-state index in [0.29, 0.717) is 18.1 Å². The van der Waals surface area contributed by atoms with Crippen LogP contribution in [0.5, 0.6) is 0 Å². The molecule has 1 aliphatic heterocycles. The third kappa shape index (κ3) is 3.34. The molecule has 1 aliphatic rings. The summed E-state index contributed by atoms with van der Waals surface area (Å²) in [6, 6.07) is 0. The summed E-state index contributed by atoms with van der Waals surface area (Å²) in [5, 5.41) is 0.394. The van der Waals surface area contributed by atoms with Gasteiger partial charge in [0.15, 0.2) is 0 Å². The van der Waals surface area contributed by atoms with Gasteiger partial charge in [0, 0.05) is 18.3 Å². The number of esters is 1. The van der Waals surface area contributed by atoms with Crippen LogP contribution in [0.3, 0.4) is 0 Å². The largest absolute Gasteiger partial charge is 0.461 e. The van der Waals surface area contributed by atoms with E-state index in [1.807, 2.05) is 6.26 Å². The number of carbonyl (C=O) groups excluding carboxylic acids is 2. The Hall–Kier alpha value is -0.850. The van der Waals surface area contributed by atoms with Gasteiger partial charge in [0.25, 0.3) is 0 Å². The van der Waals surface area contributed by atoms with Crippen LogP contribution in [0.15, 0.2) is 0 Å². The van der Waals surface area contributed by atoms with Gasteiger partial charge in [-0.15, -0.1) is 0 Å². The fourth-order valence-corrected chi connectivity index (χ4v) is 2.48. The minimum atomic E-state index is -4.07. The fourth-order valence-electron chi connectivity index (χ4n) is 1.80. The van der Waals surface area contributed by atoms with Crippen LogP contribution in [-0.4, -0.2) is 53.9 Å². The molecular formula is C11H17F2NO3S. The van der Waals surface area contributed by atoms with E-state index in [1.54, 1.807) is 11.8 Å². The summed E-state index contributed by atoms with van der Waals surface area (Å²) in [6.07, 6.45) is 3.30. The summed E-state index contributed by atoms with van der Waals surface area (Å²) >= 11 is 1.66. The SMILES string of the molecule is CCOC(=O)C(F)(F)C(=O)N1CCC(SC)CC1. The zero-order chi connectivity index (χ0) is 13.8. The lowest BCUT2D eigenvalue weighted by molar-refractivity contribution is -0.183. The molecule has 0 unspecified atom stereocenters. The topological polar surface area (TPSA) is 46.6 Å². The summed E-state index contributed by atoms with van der Waals surface area (Å²) in [4.78, 5) is 23.7. The van der Waals surface area contributed by atoms with E-state index in [4.69, 9.17) is 0 Å². The highest BCUT2D eigenvalue weighted by Crippen LogP contribution is 2.25. The third-order valence-electron chi connectivity index (χ3n) is 2.86. The molecule has 0 atom stereocenters. The second kappa shape index (κ2) is 6.36. The van der Waals surface area contributed by atoms with Crippen molar-refractivity contribution in [1.82, 2.24) is 4.90 Å². The number of piperidine rings is 1. The van der Waals surface area contributed by atoms with E-state index in [9.17, 15) is 18.4 Å².